The molecule has 0 saturated carbocycles. The van der Waals surface area contributed by atoms with Crippen LogP contribution >= 0.6 is 27.5 Å². The number of hydrogen-bond acceptors (Lipinski definition) is 2. The lowest BCUT2D eigenvalue weighted by atomic mass is 10.3. The normalized spacial score (nSPS) is 21.1. The molecule has 80 valence electrons. The lowest BCUT2D eigenvalue weighted by molar-refractivity contribution is -0.128. The van der Waals surface area contributed by atoms with Crippen molar-refractivity contribution in [3.8, 4) is 0 Å². The van der Waals surface area contributed by atoms with Gasteiger partial charge in [-0.1, -0.05) is 33.6 Å². The molecule has 0 aliphatic carbocycles. The zero-order chi connectivity index (χ0) is 10.8. The molecule has 1 aromatic rings. The third-order valence-corrected chi connectivity index (χ3v) is 3.12. The van der Waals surface area contributed by atoms with Crippen molar-refractivity contribution in [1.29, 1.82) is 0 Å². The maximum Gasteiger partial charge on any atom is 0.224 e. The van der Waals surface area contributed by atoms with Gasteiger partial charge in [0.05, 0.1) is 12.2 Å². The van der Waals surface area contributed by atoms with Gasteiger partial charge < -0.3 is 4.90 Å². The minimum atomic E-state index is 0.165. The van der Waals surface area contributed by atoms with Gasteiger partial charge in [-0.05, 0) is 12.1 Å². The molecule has 1 aliphatic heterocycles. The first-order valence-electron chi connectivity index (χ1n) is 4.68. The highest BCUT2D eigenvalue weighted by Gasteiger charge is 2.27. The molecular formula is C10H10BrClN2O. The zero-order valence-corrected chi connectivity index (χ0v) is 10.3. The Morgan fingerprint density at radius 2 is 2.40 bits per heavy atom. The molecule has 5 heteroatoms. The number of alkyl halides is 1. The topological polar surface area (TPSA) is 33.2 Å². The third kappa shape index (κ3) is 2.69. The fourth-order valence-electron chi connectivity index (χ4n) is 1.61. The molecule has 1 aliphatic rings. The van der Waals surface area contributed by atoms with E-state index in [4.69, 9.17) is 11.6 Å². The number of hydrogen-bond donors (Lipinski definition) is 0. The van der Waals surface area contributed by atoms with E-state index in [1.165, 1.54) is 0 Å². The Morgan fingerprint density at radius 3 is 3.00 bits per heavy atom. The Morgan fingerprint density at radius 1 is 1.60 bits per heavy atom. The number of pyridine rings is 1. The van der Waals surface area contributed by atoms with E-state index >= 15 is 0 Å². The summed E-state index contributed by atoms with van der Waals surface area (Å²) in [5.41, 5.74) is 0.831. The summed E-state index contributed by atoms with van der Waals surface area (Å²) in [6, 6.07) is 5.45. The van der Waals surface area contributed by atoms with Crippen molar-refractivity contribution in [2.24, 2.45) is 0 Å². The fourth-order valence-corrected chi connectivity index (χ4v) is 2.42. The highest BCUT2D eigenvalue weighted by molar-refractivity contribution is 9.09. The number of rotatable bonds is 2. The molecule has 1 atom stereocenters. The van der Waals surface area contributed by atoms with Crippen LogP contribution in [0.4, 0.5) is 0 Å². The Labute approximate surface area is 102 Å². The van der Waals surface area contributed by atoms with Crippen molar-refractivity contribution < 1.29 is 4.79 Å². The molecule has 2 rings (SSSR count). The molecule has 2 heterocycles. The van der Waals surface area contributed by atoms with Crippen molar-refractivity contribution in [1.82, 2.24) is 9.88 Å². The van der Waals surface area contributed by atoms with E-state index in [1.807, 2.05) is 12.1 Å². The van der Waals surface area contributed by atoms with Gasteiger partial charge in [-0.25, -0.2) is 4.98 Å². The Bertz CT molecular complexity index is 385. The van der Waals surface area contributed by atoms with Gasteiger partial charge in [-0.2, -0.15) is 0 Å². The molecule has 0 N–H and O–H groups in total. The molecule has 1 aromatic heterocycles. The predicted octanol–water partition coefficient (Wildman–Crippen LogP) is 2.23. The lowest BCUT2D eigenvalue weighted by Crippen LogP contribution is -2.25. The molecule has 1 fully saturated rings. The molecule has 0 aromatic carbocycles. The molecule has 1 amide bonds. The summed E-state index contributed by atoms with van der Waals surface area (Å²) in [5.74, 6) is 0.165. The van der Waals surface area contributed by atoms with Crippen LogP contribution in [0, 0.1) is 0 Å². The van der Waals surface area contributed by atoms with Gasteiger partial charge in [0.2, 0.25) is 5.91 Å². The van der Waals surface area contributed by atoms with Crippen LogP contribution in [0.2, 0.25) is 5.15 Å². The minimum Gasteiger partial charge on any atom is -0.336 e. The highest BCUT2D eigenvalue weighted by Crippen LogP contribution is 2.20. The van der Waals surface area contributed by atoms with Gasteiger partial charge in [0, 0.05) is 17.8 Å². The Kier molecular flexibility index (Phi) is 3.26. The fraction of sp³-hybridized carbons (Fsp3) is 0.400. The minimum absolute atomic E-state index is 0.165. The first-order chi connectivity index (χ1) is 7.15. The highest BCUT2D eigenvalue weighted by atomic mass is 79.9. The molecule has 0 spiro atoms. The second-order valence-electron chi connectivity index (χ2n) is 3.53. The number of amides is 1. The average Bonchev–Trinajstić information content (AvgIpc) is 2.45. The Hall–Kier alpha value is -0.610. The van der Waals surface area contributed by atoms with Gasteiger partial charge in [0.1, 0.15) is 5.15 Å². The number of halogens is 2. The van der Waals surface area contributed by atoms with Crippen LogP contribution in [0.25, 0.3) is 0 Å². The second kappa shape index (κ2) is 4.49. The van der Waals surface area contributed by atoms with E-state index in [0.717, 1.165) is 12.2 Å². The maximum atomic E-state index is 11.5. The van der Waals surface area contributed by atoms with E-state index in [-0.39, 0.29) is 10.7 Å². The van der Waals surface area contributed by atoms with Crippen molar-refractivity contribution >= 4 is 33.4 Å². The van der Waals surface area contributed by atoms with Crippen LogP contribution in [0.3, 0.4) is 0 Å². The average molecular weight is 290 g/mol. The third-order valence-electron chi connectivity index (χ3n) is 2.29. The van der Waals surface area contributed by atoms with Crippen LogP contribution < -0.4 is 0 Å². The van der Waals surface area contributed by atoms with Crippen LogP contribution in [0.5, 0.6) is 0 Å². The summed E-state index contributed by atoms with van der Waals surface area (Å²) in [4.78, 5) is 17.7. The summed E-state index contributed by atoms with van der Waals surface area (Å²) in [6.07, 6.45) is 0.570. The number of carbonyl (C=O) groups excluding carboxylic acids is 1. The van der Waals surface area contributed by atoms with Gasteiger partial charge in [-0.3, -0.25) is 4.79 Å². The number of aromatic nitrogens is 1. The monoisotopic (exact) mass is 288 g/mol. The maximum absolute atomic E-state index is 11.5. The largest absolute Gasteiger partial charge is 0.336 e. The van der Waals surface area contributed by atoms with E-state index in [2.05, 4.69) is 20.9 Å². The number of likely N-dealkylation sites (tertiary alicyclic amines) is 1. The van der Waals surface area contributed by atoms with E-state index in [1.54, 1.807) is 11.0 Å². The molecule has 15 heavy (non-hydrogen) atoms. The first kappa shape index (κ1) is 10.9. The van der Waals surface area contributed by atoms with Gasteiger partial charge in [0.25, 0.3) is 0 Å². The molecular weight excluding hydrogens is 279 g/mol. The molecule has 1 saturated heterocycles. The summed E-state index contributed by atoms with van der Waals surface area (Å²) in [6.45, 7) is 1.29. The van der Waals surface area contributed by atoms with E-state index in [0.29, 0.717) is 18.1 Å². The van der Waals surface area contributed by atoms with Gasteiger partial charge in [0.15, 0.2) is 0 Å². The van der Waals surface area contributed by atoms with Gasteiger partial charge in [-0.15, -0.1) is 0 Å². The standard InChI is InChI=1S/C10H10BrClN2O/c11-7-4-10(15)14(5-7)6-8-2-1-3-9(12)13-8/h1-3,7H,4-6H2. The van der Waals surface area contributed by atoms with Gasteiger partial charge >= 0.3 is 0 Å². The first-order valence-corrected chi connectivity index (χ1v) is 5.98. The van der Waals surface area contributed by atoms with Crippen LogP contribution in [-0.4, -0.2) is 27.2 Å². The summed E-state index contributed by atoms with van der Waals surface area (Å²) < 4.78 is 0. The van der Waals surface area contributed by atoms with Crippen molar-refractivity contribution in [3.63, 3.8) is 0 Å². The summed E-state index contributed by atoms with van der Waals surface area (Å²) in [7, 11) is 0. The SMILES string of the molecule is O=C1CC(Br)CN1Cc1cccc(Cl)n1. The smallest absolute Gasteiger partial charge is 0.224 e. The van der Waals surface area contributed by atoms with E-state index < -0.39 is 0 Å². The second-order valence-corrected chi connectivity index (χ2v) is 5.21. The summed E-state index contributed by atoms with van der Waals surface area (Å²) >= 11 is 9.21. The molecule has 1 unspecified atom stereocenters. The molecule has 3 nitrogen and oxygen atoms in total. The van der Waals surface area contributed by atoms with Crippen LogP contribution in [0.1, 0.15) is 12.1 Å². The quantitative estimate of drug-likeness (QED) is 0.618. The predicted molar refractivity (Wildman–Crippen MR) is 62.0 cm³/mol. The van der Waals surface area contributed by atoms with Crippen LogP contribution in [-0.2, 0) is 11.3 Å². The zero-order valence-electron chi connectivity index (χ0n) is 7.99. The van der Waals surface area contributed by atoms with Crippen molar-refractivity contribution in [3.05, 3.63) is 29.0 Å². The van der Waals surface area contributed by atoms with Crippen molar-refractivity contribution in [2.75, 3.05) is 6.54 Å². The molecule has 0 radical (unpaired) electrons. The number of nitrogens with zero attached hydrogens (tertiary/aromatic N) is 2. The summed E-state index contributed by atoms with van der Waals surface area (Å²) in [5, 5.41) is 0.467. The number of carbonyl (C=O) groups is 1. The van der Waals surface area contributed by atoms with E-state index in [9.17, 15) is 4.79 Å². The molecule has 0 bridgehead atoms. The van der Waals surface area contributed by atoms with Crippen LogP contribution in [0.15, 0.2) is 18.2 Å². The Balaban J connectivity index is 2.06. The lowest BCUT2D eigenvalue weighted by Gasteiger charge is -2.14. The van der Waals surface area contributed by atoms with Crippen molar-refractivity contribution in [2.45, 2.75) is 17.8 Å².